The van der Waals surface area contributed by atoms with Crippen molar-refractivity contribution in [1.29, 1.82) is 0 Å². The van der Waals surface area contributed by atoms with Gasteiger partial charge in [0.25, 0.3) is 0 Å². The molecule has 1 atom stereocenters. The predicted octanol–water partition coefficient (Wildman–Crippen LogP) is 3.94. The van der Waals surface area contributed by atoms with Gasteiger partial charge in [0, 0.05) is 29.3 Å². The SMILES string of the molecule is COc1cc2c(cc1OC(C)OC)N=C1NNC(C)=C1N=C2c1ccccc1Cl. The van der Waals surface area contributed by atoms with Gasteiger partial charge < -0.3 is 19.6 Å². The highest BCUT2D eigenvalue weighted by Gasteiger charge is 2.27. The Morgan fingerprint density at radius 1 is 1.00 bits per heavy atom. The first-order valence-electron chi connectivity index (χ1n) is 9.09. The van der Waals surface area contributed by atoms with E-state index in [0.29, 0.717) is 33.8 Å². The number of fused-ring (bicyclic) bond motifs is 2. The average Bonchev–Trinajstić information content (AvgIpc) is 2.97. The van der Waals surface area contributed by atoms with Crippen LogP contribution in [0.1, 0.15) is 25.0 Å². The third-order valence-corrected chi connectivity index (χ3v) is 5.02. The van der Waals surface area contributed by atoms with Crippen molar-refractivity contribution < 1.29 is 14.2 Å². The maximum absolute atomic E-state index is 6.51. The molecule has 1 unspecified atom stereocenters. The van der Waals surface area contributed by atoms with E-state index in [0.717, 1.165) is 22.5 Å². The number of aliphatic imine (C=N–C) groups is 2. The van der Waals surface area contributed by atoms with Crippen LogP contribution in [0.5, 0.6) is 11.5 Å². The predicted molar refractivity (Wildman–Crippen MR) is 113 cm³/mol. The minimum atomic E-state index is -0.443. The number of nitrogens with one attached hydrogen (secondary N) is 2. The molecule has 0 fully saturated rings. The van der Waals surface area contributed by atoms with Gasteiger partial charge in [0.15, 0.2) is 23.6 Å². The second-order valence-electron chi connectivity index (χ2n) is 6.57. The largest absolute Gasteiger partial charge is 0.493 e. The third kappa shape index (κ3) is 3.54. The van der Waals surface area contributed by atoms with Crippen LogP contribution < -0.4 is 20.3 Å². The van der Waals surface area contributed by atoms with Gasteiger partial charge >= 0.3 is 0 Å². The van der Waals surface area contributed by atoms with Crippen LogP contribution >= 0.6 is 11.6 Å². The number of hydrogen-bond donors (Lipinski definition) is 2. The molecule has 0 bridgehead atoms. The van der Waals surface area contributed by atoms with Crippen LogP contribution in [0.2, 0.25) is 5.02 Å². The summed E-state index contributed by atoms with van der Waals surface area (Å²) in [6.45, 7) is 3.74. The highest BCUT2D eigenvalue weighted by Crippen LogP contribution is 2.39. The lowest BCUT2D eigenvalue weighted by Crippen LogP contribution is -2.27. The maximum atomic E-state index is 6.51. The summed E-state index contributed by atoms with van der Waals surface area (Å²) in [7, 11) is 3.17. The Morgan fingerprint density at radius 3 is 2.52 bits per heavy atom. The molecule has 2 aromatic rings. The molecule has 0 saturated heterocycles. The van der Waals surface area contributed by atoms with Crippen molar-refractivity contribution in [3.63, 3.8) is 0 Å². The van der Waals surface area contributed by atoms with Crippen molar-refractivity contribution in [2.24, 2.45) is 9.98 Å². The second-order valence-corrected chi connectivity index (χ2v) is 6.97. The molecule has 0 aromatic heterocycles. The summed E-state index contributed by atoms with van der Waals surface area (Å²) >= 11 is 6.51. The lowest BCUT2D eigenvalue weighted by Gasteiger charge is -2.18. The summed E-state index contributed by atoms with van der Waals surface area (Å²) in [5, 5.41) is 0.602. The minimum absolute atomic E-state index is 0.443. The second kappa shape index (κ2) is 7.77. The van der Waals surface area contributed by atoms with Gasteiger partial charge in [0.05, 0.1) is 24.2 Å². The normalized spacial score (nSPS) is 15.9. The first-order valence-corrected chi connectivity index (χ1v) is 9.47. The molecule has 8 heteroatoms. The van der Waals surface area contributed by atoms with Gasteiger partial charge in [0.1, 0.15) is 5.70 Å². The molecule has 2 aliphatic heterocycles. The molecule has 0 spiro atoms. The Morgan fingerprint density at radius 2 is 1.79 bits per heavy atom. The molecule has 2 aromatic carbocycles. The molecule has 0 radical (unpaired) electrons. The van der Waals surface area contributed by atoms with E-state index in [4.69, 9.17) is 35.8 Å². The van der Waals surface area contributed by atoms with Gasteiger partial charge in [-0.15, -0.1) is 0 Å². The van der Waals surface area contributed by atoms with Gasteiger partial charge in [-0.1, -0.05) is 29.8 Å². The maximum Gasteiger partial charge on any atom is 0.196 e. The van der Waals surface area contributed by atoms with E-state index < -0.39 is 6.29 Å². The highest BCUT2D eigenvalue weighted by atomic mass is 35.5. The van der Waals surface area contributed by atoms with E-state index in [9.17, 15) is 0 Å². The van der Waals surface area contributed by atoms with Crippen LogP contribution in [-0.2, 0) is 4.74 Å². The number of halogens is 1. The number of nitrogens with zero attached hydrogens (tertiary/aromatic N) is 2. The minimum Gasteiger partial charge on any atom is -0.493 e. The number of amidine groups is 1. The number of allylic oxidation sites excluding steroid dienone is 1. The molecule has 150 valence electrons. The molecule has 0 saturated carbocycles. The van der Waals surface area contributed by atoms with Gasteiger partial charge in [-0.05, 0) is 26.0 Å². The summed E-state index contributed by atoms with van der Waals surface area (Å²) in [6, 6.07) is 11.3. The zero-order valence-corrected chi connectivity index (χ0v) is 17.3. The van der Waals surface area contributed by atoms with E-state index in [-0.39, 0.29) is 0 Å². The Kier molecular flexibility index (Phi) is 5.17. The van der Waals surface area contributed by atoms with Crippen LogP contribution in [0.25, 0.3) is 0 Å². The Labute approximate surface area is 174 Å². The molecule has 4 rings (SSSR count). The molecule has 2 heterocycles. The lowest BCUT2D eigenvalue weighted by atomic mass is 9.99. The van der Waals surface area contributed by atoms with Gasteiger partial charge in [-0.25, -0.2) is 9.98 Å². The summed E-state index contributed by atoms with van der Waals surface area (Å²) in [5.74, 6) is 1.71. The summed E-state index contributed by atoms with van der Waals surface area (Å²) in [5.41, 5.74) is 10.7. The Balaban J connectivity index is 1.96. The van der Waals surface area contributed by atoms with Crippen LogP contribution in [0.4, 0.5) is 5.69 Å². The van der Waals surface area contributed by atoms with Crippen molar-refractivity contribution in [2.45, 2.75) is 20.1 Å². The fraction of sp³-hybridized carbons (Fsp3) is 0.238. The number of methoxy groups -OCH3 is 2. The van der Waals surface area contributed by atoms with E-state index in [2.05, 4.69) is 10.9 Å². The van der Waals surface area contributed by atoms with Crippen LogP contribution in [0.15, 0.2) is 57.8 Å². The van der Waals surface area contributed by atoms with Crippen LogP contribution in [-0.4, -0.2) is 32.1 Å². The number of hydrogen-bond acceptors (Lipinski definition) is 7. The zero-order valence-electron chi connectivity index (χ0n) is 16.5. The smallest absolute Gasteiger partial charge is 0.196 e. The van der Waals surface area contributed by atoms with Crippen molar-refractivity contribution in [3.8, 4) is 11.5 Å². The summed E-state index contributed by atoms with van der Waals surface area (Å²) in [4.78, 5) is 9.69. The molecule has 0 aliphatic carbocycles. The van der Waals surface area contributed by atoms with Crippen molar-refractivity contribution in [3.05, 3.63) is 63.9 Å². The molecule has 29 heavy (non-hydrogen) atoms. The van der Waals surface area contributed by atoms with Crippen molar-refractivity contribution in [2.75, 3.05) is 14.2 Å². The van der Waals surface area contributed by atoms with Gasteiger partial charge in [0.2, 0.25) is 0 Å². The topological polar surface area (TPSA) is 76.5 Å². The fourth-order valence-electron chi connectivity index (χ4n) is 3.13. The van der Waals surface area contributed by atoms with Gasteiger partial charge in [-0.3, -0.25) is 5.43 Å². The van der Waals surface area contributed by atoms with E-state index in [1.165, 1.54) is 0 Å². The fourth-order valence-corrected chi connectivity index (χ4v) is 3.35. The lowest BCUT2D eigenvalue weighted by molar-refractivity contribution is -0.0394. The highest BCUT2D eigenvalue weighted by molar-refractivity contribution is 6.36. The van der Waals surface area contributed by atoms with Crippen LogP contribution in [0.3, 0.4) is 0 Å². The monoisotopic (exact) mass is 412 g/mol. The molecule has 2 aliphatic rings. The Bertz CT molecular complexity index is 1060. The molecular weight excluding hydrogens is 392 g/mol. The number of benzene rings is 2. The van der Waals surface area contributed by atoms with E-state index in [1.807, 2.05) is 43.3 Å². The standard InChI is InChI=1S/C21H21ClN4O3/c1-11-19-21(26-25-11)23-16-10-18(29-12(2)27-3)17(28-4)9-14(16)20(24-19)13-7-5-6-8-15(13)22/h5-10,12H,1-4H3,(H2,23,25,26). The summed E-state index contributed by atoms with van der Waals surface area (Å²) < 4.78 is 16.7. The first kappa shape index (κ1) is 19.3. The molecular formula is C21H21ClN4O3. The average molecular weight is 413 g/mol. The summed E-state index contributed by atoms with van der Waals surface area (Å²) in [6.07, 6.45) is -0.443. The zero-order chi connectivity index (χ0) is 20.5. The van der Waals surface area contributed by atoms with Crippen molar-refractivity contribution >= 4 is 28.8 Å². The van der Waals surface area contributed by atoms with Crippen LogP contribution in [0, 0.1) is 0 Å². The molecule has 7 nitrogen and oxygen atoms in total. The van der Waals surface area contributed by atoms with E-state index in [1.54, 1.807) is 21.1 Å². The number of hydrazine groups is 1. The third-order valence-electron chi connectivity index (χ3n) is 4.69. The quantitative estimate of drug-likeness (QED) is 0.727. The number of ether oxygens (including phenoxy) is 3. The van der Waals surface area contributed by atoms with Gasteiger partial charge in [-0.2, -0.15) is 0 Å². The number of rotatable bonds is 5. The molecule has 0 amide bonds. The Hall–Kier alpha value is -3.03. The first-order chi connectivity index (χ1) is 14.0. The molecule has 2 N–H and O–H groups in total. The van der Waals surface area contributed by atoms with Crippen molar-refractivity contribution in [1.82, 2.24) is 10.9 Å². The van der Waals surface area contributed by atoms with E-state index >= 15 is 0 Å².